The van der Waals surface area contributed by atoms with Crippen molar-refractivity contribution in [1.82, 2.24) is 0 Å². The molecule has 0 saturated heterocycles. The molecule has 0 heterocycles. The average molecular weight is 348 g/mol. The summed E-state index contributed by atoms with van der Waals surface area (Å²) < 4.78 is 34.4. The van der Waals surface area contributed by atoms with E-state index in [0.717, 1.165) is 11.1 Å². The van der Waals surface area contributed by atoms with Gasteiger partial charge in [-0.05, 0) is 43.2 Å². The van der Waals surface area contributed by atoms with Crippen molar-refractivity contribution in [3.05, 3.63) is 59.7 Å². The van der Waals surface area contributed by atoms with Crippen molar-refractivity contribution in [2.75, 3.05) is 7.11 Å². The molecule has 0 aromatic heterocycles. The van der Waals surface area contributed by atoms with Crippen molar-refractivity contribution in [1.29, 1.82) is 0 Å². The van der Waals surface area contributed by atoms with Crippen LogP contribution in [0.5, 0.6) is 5.75 Å². The Balaban J connectivity index is 2.19. The first-order valence-electron chi connectivity index (χ1n) is 7.56. The minimum absolute atomic E-state index is 0.0955. The molecule has 0 fully saturated rings. The zero-order chi connectivity index (χ0) is 17.7. The topological polar surface area (TPSA) is 69.7 Å². The molecule has 0 aliphatic carbocycles. The van der Waals surface area contributed by atoms with Crippen LogP contribution in [0.3, 0.4) is 0 Å². The van der Waals surface area contributed by atoms with Crippen molar-refractivity contribution in [2.24, 2.45) is 0 Å². The molecule has 0 amide bonds. The molecule has 1 unspecified atom stereocenters. The first-order chi connectivity index (χ1) is 11.4. The standard InChI is InChI=1S/C18H20O5S/c1-4-17(18(19)22-3)14-7-9-15(10-8-14)23-24(20,21)16-11-5-13(2)6-12-16/h5-12,17H,4H2,1-3H3. The highest BCUT2D eigenvalue weighted by Crippen LogP contribution is 2.25. The molecule has 2 aromatic rings. The molecule has 0 bridgehead atoms. The van der Waals surface area contributed by atoms with Gasteiger partial charge in [-0.2, -0.15) is 8.42 Å². The first-order valence-corrected chi connectivity index (χ1v) is 8.97. The monoisotopic (exact) mass is 348 g/mol. The first kappa shape index (κ1) is 18.0. The van der Waals surface area contributed by atoms with E-state index < -0.39 is 10.1 Å². The number of aryl methyl sites for hydroxylation is 1. The Bertz CT molecular complexity index is 792. The summed E-state index contributed by atoms with van der Waals surface area (Å²) in [7, 11) is -2.54. The van der Waals surface area contributed by atoms with Crippen LogP contribution in [0.2, 0.25) is 0 Å². The summed E-state index contributed by atoms with van der Waals surface area (Å²) in [5.41, 5.74) is 1.72. The highest BCUT2D eigenvalue weighted by atomic mass is 32.2. The number of rotatable bonds is 6. The fraction of sp³-hybridized carbons (Fsp3) is 0.278. The van der Waals surface area contributed by atoms with Gasteiger partial charge < -0.3 is 8.92 Å². The molecule has 24 heavy (non-hydrogen) atoms. The van der Waals surface area contributed by atoms with Crippen LogP contribution in [0.15, 0.2) is 53.4 Å². The fourth-order valence-electron chi connectivity index (χ4n) is 2.32. The van der Waals surface area contributed by atoms with Crippen LogP contribution in [-0.4, -0.2) is 21.5 Å². The van der Waals surface area contributed by atoms with E-state index >= 15 is 0 Å². The maximum absolute atomic E-state index is 12.2. The lowest BCUT2D eigenvalue weighted by atomic mass is 9.97. The van der Waals surface area contributed by atoms with Gasteiger partial charge in [0, 0.05) is 0 Å². The van der Waals surface area contributed by atoms with Crippen LogP contribution in [0, 0.1) is 6.92 Å². The summed E-state index contributed by atoms with van der Waals surface area (Å²) in [6.45, 7) is 3.76. The van der Waals surface area contributed by atoms with E-state index in [1.54, 1.807) is 24.3 Å². The fourth-order valence-corrected chi connectivity index (χ4v) is 3.25. The van der Waals surface area contributed by atoms with E-state index in [0.29, 0.717) is 6.42 Å². The zero-order valence-electron chi connectivity index (χ0n) is 13.9. The smallest absolute Gasteiger partial charge is 0.339 e. The normalized spacial score (nSPS) is 12.5. The molecular formula is C18H20O5S. The van der Waals surface area contributed by atoms with Gasteiger partial charge in [-0.25, -0.2) is 0 Å². The largest absolute Gasteiger partial charge is 0.469 e. The molecule has 128 valence electrons. The van der Waals surface area contributed by atoms with Crippen LogP contribution in [-0.2, 0) is 19.6 Å². The van der Waals surface area contributed by atoms with Crippen molar-refractivity contribution in [3.8, 4) is 5.75 Å². The summed E-state index contributed by atoms with van der Waals surface area (Å²) in [4.78, 5) is 11.8. The van der Waals surface area contributed by atoms with Gasteiger partial charge in [0.1, 0.15) is 10.6 Å². The van der Waals surface area contributed by atoms with Crippen LogP contribution < -0.4 is 4.18 Å². The summed E-state index contributed by atoms with van der Waals surface area (Å²) in [5, 5.41) is 0. The third kappa shape index (κ3) is 4.14. The minimum atomic E-state index is -3.88. The van der Waals surface area contributed by atoms with Crippen molar-refractivity contribution in [3.63, 3.8) is 0 Å². The number of carbonyl (C=O) groups is 1. The maximum atomic E-state index is 12.2. The van der Waals surface area contributed by atoms with E-state index in [1.165, 1.54) is 31.4 Å². The molecule has 2 aromatic carbocycles. The number of hydrogen-bond acceptors (Lipinski definition) is 5. The molecule has 6 heteroatoms. The summed E-state index contributed by atoms with van der Waals surface area (Å²) in [5.74, 6) is -0.504. The number of esters is 1. The van der Waals surface area contributed by atoms with E-state index in [4.69, 9.17) is 8.92 Å². The molecular weight excluding hydrogens is 328 g/mol. The van der Waals surface area contributed by atoms with E-state index in [2.05, 4.69) is 0 Å². The SMILES string of the molecule is CCC(C(=O)OC)c1ccc(OS(=O)(=O)c2ccc(C)cc2)cc1. The van der Waals surface area contributed by atoms with Gasteiger partial charge in [0.25, 0.3) is 0 Å². The van der Waals surface area contributed by atoms with Gasteiger partial charge in [-0.3, -0.25) is 4.79 Å². The summed E-state index contributed by atoms with van der Waals surface area (Å²) >= 11 is 0. The van der Waals surface area contributed by atoms with Crippen molar-refractivity contribution < 1.29 is 22.1 Å². The Morgan fingerprint density at radius 1 is 1.04 bits per heavy atom. The second-order valence-corrected chi connectivity index (χ2v) is 6.95. The Kier molecular flexibility index (Phi) is 5.62. The second-order valence-electron chi connectivity index (χ2n) is 5.40. The maximum Gasteiger partial charge on any atom is 0.339 e. The Morgan fingerprint density at radius 3 is 2.12 bits per heavy atom. The van der Waals surface area contributed by atoms with Crippen LogP contribution in [0.4, 0.5) is 0 Å². The number of methoxy groups -OCH3 is 1. The number of ether oxygens (including phenoxy) is 1. The molecule has 1 atom stereocenters. The van der Waals surface area contributed by atoms with E-state index in [9.17, 15) is 13.2 Å². The van der Waals surface area contributed by atoms with Gasteiger partial charge in [0.2, 0.25) is 0 Å². The van der Waals surface area contributed by atoms with Crippen molar-refractivity contribution in [2.45, 2.75) is 31.1 Å². The Hall–Kier alpha value is -2.34. The molecule has 5 nitrogen and oxygen atoms in total. The number of carbonyl (C=O) groups excluding carboxylic acids is 1. The minimum Gasteiger partial charge on any atom is -0.469 e. The Labute approximate surface area is 142 Å². The molecule has 0 radical (unpaired) electrons. The highest BCUT2D eigenvalue weighted by Gasteiger charge is 2.20. The molecule has 2 rings (SSSR count). The molecule has 0 N–H and O–H groups in total. The Morgan fingerprint density at radius 2 is 1.62 bits per heavy atom. The highest BCUT2D eigenvalue weighted by molar-refractivity contribution is 7.87. The summed E-state index contributed by atoms with van der Waals surface area (Å²) in [6, 6.07) is 12.8. The third-order valence-corrected chi connectivity index (χ3v) is 4.95. The molecule has 0 spiro atoms. The summed E-state index contributed by atoms with van der Waals surface area (Å²) in [6.07, 6.45) is 0.592. The van der Waals surface area contributed by atoms with Gasteiger partial charge >= 0.3 is 16.1 Å². The second kappa shape index (κ2) is 7.49. The van der Waals surface area contributed by atoms with Crippen LogP contribution in [0.1, 0.15) is 30.4 Å². The predicted octanol–water partition coefficient (Wildman–Crippen LogP) is 3.43. The predicted molar refractivity (Wildman–Crippen MR) is 90.5 cm³/mol. The lowest BCUT2D eigenvalue weighted by Gasteiger charge is -2.13. The third-order valence-electron chi connectivity index (χ3n) is 3.69. The number of benzene rings is 2. The van der Waals surface area contributed by atoms with Gasteiger partial charge in [-0.15, -0.1) is 0 Å². The molecule has 0 aliphatic rings. The lowest BCUT2D eigenvalue weighted by Crippen LogP contribution is -2.13. The van der Waals surface area contributed by atoms with E-state index in [-0.39, 0.29) is 22.5 Å². The molecule has 0 saturated carbocycles. The quantitative estimate of drug-likeness (QED) is 0.591. The molecule has 0 aliphatic heterocycles. The van der Waals surface area contributed by atoms with Gasteiger partial charge in [0.05, 0.1) is 13.0 Å². The zero-order valence-corrected chi connectivity index (χ0v) is 14.7. The van der Waals surface area contributed by atoms with Crippen molar-refractivity contribution >= 4 is 16.1 Å². The van der Waals surface area contributed by atoms with Crippen LogP contribution in [0.25, 0.3) is 0 Å². The lowest BCUT2D eigenvalue weighted by molar-refractivity contribution is -0.142. The van der Waals surface area contributed by atoms with Crippen LogP contribution >= 0.6 is 0 Å². The van der Waals surface area contributed by atoms with Gasteiger partial charge in [-0.1, -0.05) is 36.8 Å². The van der Waals surface area contributed by atoms with Gasteiger partial charge in [0.15, 0.2) is 0 Å². The average Bonchev–Trinajstić information content (AvgIpc) is 2.57. The van der Waals surface area contributed by atoms with E-state index in [1.807, 2.05) is 13.8 Å². The number of hydrogen-bond donors (Lipinski definition) is 0.